The Kier molecular flexibility index (Phi) is 9.44. The van der Waals surface area contributed by atoms with Crippen LogP contribution in [0.25, 0.3) is 17.2 Å². The van der Waals surface area contributed by atoms with Crippen molar-refractivity contribution in [3.05, 3.63) is 83.0 Å². The van der Waals surface area contributed by atoms with Crippen LogP contribution in [0.4, 0.5) is 0 Å². The Bertz CT molecular complexity index is 1320. The van der Waals surface area contributed by atoms with Gasteiger partial charge in [0.15, 0.2) is 23.0 Å². The summed E-state index contributed by atoms with van der Waals surface area (Å²) in [7, 11) is 6.28. The Hall–Kier alpha value is -4.39. The van der Waals surface area contributed by atoms with E-state index in [2.05, 4.69) is 6.58 Å². The van der Waals surface area contributed by atoms with E-state index < -0.39 is 5.97 Å². The Morgan fingerprint density at radius 1 is 0.895 bits per heavy atom. The number of hydrogen-bond acceptors (Lipinski definition) is 6. The van der Waals surface area contributed by atoms with Crippen LogP contribution in [0.3, 0.4) is 0 Å². The fourth-order valence-corrected chi connectivity index (χ4v) is 4.31. The third-order valence-electron chi connectivity index (χ3n) is 6.19. The lowest BCUT2D eigenvalue weighted by molar-refractivity contribution is -0.135. The third-order valence-corrected chi connectivity index (χ3v) is 6.19. The molecule has 0 radical (unpaired) electrons. The second kappa shape index (κ2) is 12.7. The molecule has 0 atom stereocenters. The maximum absolute atomic E-state index is 11.7. The van der Waals surface area contributed by atoms with E-state index in [1.807, 2.05) is 62.4 Å². The van der Waals surface area contributed by atoms with Crippen LogP contribution in [0.15, 0.2) is 66.3 Å². The van der Waals surface area contributed by atoms with Crippen LogP contribution in [-0.4, -0.2) is 46.1 Å². The van der Waals surface area contributed by atoms with Gasteiger partial charge in [-0.25, -0.2) is 0 Å². The molecular weight excluding hydrogens is 484 g/mol. The molecule has 0 saturated heterocycles. The van der Waals surface area contributed by atoms with Crippen molar-refractivity contribution in [2.75, 3.05) is 35.0 Å². The smallest absolute Gasteiger partial charge is 0.307 e. The van der Waals surface area contributed by atoms with Gasteiger partial charge in [-0.2, -0.15) is 0 Å². The number of benzene rings is 2. The summed E-state index contributed by atoms with van der Waals surface area (Å²) in [6, 6.07) is 7.43. The number of fused-ring (bicyclic) bond motifs is 1. The summed E-state index contributed by atoms with van der Waals surface area (Å²) in [6.07, 6.45) is 9.27. The maximum Gasteiger partial charge on any atom is 0.307 e. The predicted octanol–water partition coefficient (Wildman–Crippen LogP) is 6.59. The number of methoxy groups -OCH3 is 4. The minimum absolute atomic E-state index is 0.111. The molecule has 1 aliphatic carbocycles. The molecule has 0 unspecified atom stereocenters. The first kappa shape index (κ1) is 28.2. The van der Waals surface area contributed by atoms with Crippen LogP contribution in [-0.2, 0) is 4.79 Å². The van der Waals surface area contributed by atoms with E-state index in [9.17, 15) is 9.90 Å². The fraction of sp³-hybridized carbons (Fsp3) is 0.258. The van der Waals surface area contributed by atoms with Crippen molar-refractivity contribution in [3.63, 3.8) is 0 Å². The number of carboxylic acid groups (broad SMARTS) is 1. The van der Waals surface area contributed by atoms with E-state index in [-0.39, 0.29) is 6.42 Å². The van der Waals surface area contributed by atoms with Gasteiger partial charge in [-0.15, -0.1) is 0 Å². The highest BCUT2D eigenvalue weighted by atomic mass is 16.5. The van der Waals surface area contributed by atoms with Gasteiger partial charge in [-0.05, 0) is 83.2 Å². The lowest BCUT2D eigenvalue weighted by atomic mass is 9.99. The molecule has 38 heavy (non-hydrogen) atoms. The lowest BCUT2D eigenvalue weighted by Gasteiger charge is -2.16. The molecule has 1 N–H and O–H groups in total. The quantitative estimate of drug-likeness (QED) is 0.317. The molecule has 0 bridgehead atoms. The van der Waals surface area contributed by atoms with E-state index in [0.29, 0.717) is 35.4 Å². The maximum atomic E-state index is 11.7. The van der Waals surface area contributed by atoms with Crippen molar-refractivity contribution in [3.8, 4) is 28.7 Å². The largest absolute Gasteiger partial charge is 0.493 e. The topological polar surface area (TPSA) is 83.5 Å². The number of ether oxygens (including phenoxy) is 5. The zero-order valence-corrected chi connectivity index (χ0v) is 22.7. The van der Waals surface area contributed by atoms with Crippen molar-refractivity contribution < 1.29 is 33.6 Å². The molecule has 200 valence electrons. The van der Waals surface area contributed by atoms with Gasteiger partial charge in [0.1, 0.15) is 6.61 Å². The summed E-state index contributed by atoms with van der Waals surface area (Å²) in [5.41, 5.74) is 5.96. The van der Waals surface area contributed by atoms with Gasteiger partial charge in [-0.1, -0.05) is 30.9 Å². The van der Waals surface area contributed by atoms with Gasteiger partial charge >= 0.3 is 5.97 Å². The summed E-state index contributed by atoms with van der Waals surface area (Å²) in [5, 5.41) is 9.57. The molecule has 0 fully saturated rings. The number of allylic oxidation sites excluding steroid dienone is 6. The van der Waals surface area contributed by atoms with Crippen LogP contribution in [0.1, 0.15) is 37.0 Å². The minimum atomic E-state index is -0.907. The molecule has 0 aromatic heterocycles. The average Bonchev–Trinajstić information content (AvgIpc) is 3.15. The number of aliphatic carboxylic acids is 1. The fourth-order valence-electron chi connectivity index (χ4n) is 4.31. The Morgan fingerprint density at radius 3 is 2.00 bits per heavy atom. The number of hydrogen-bond donors (Lipinski definition) is 1. The second-order valence-electron chi connectivity index (χ2n) is 8.66. The van der Waals surface area contributed by atoms with Crippen molar-refractivity contribution in [2.45, 2.75) is 20.3 Å². The minimum Gasteiger partial charge on any atom is -0.493 e. The summed E-state index contributed by atoms with van der Waals surface area (Å²) >= 11 is 0. The van der Waals surface area contributed by atoms with Crippen LogP contribution in [0.5, 0.6) is 28.7 Å². The molecule has 7 heteroatoms. The first-order valence-corrected chi connectivity index (χ1v) is 12.0. The van der Waals surface area contributed by atoms with Gasteiger partial charge in [0, 0.05) is 0 Å². The standard InChI is InChI=1S/C31H34O7/c1-8-9-10-11-19(2)18-38-31-28(36-6)13-21(14-29(31)37-7)12-22-20(3)23(17-30(32)33)25-16-27(35-5)26(34-4)15-24(22)25/h8-16H,1,17-18H2,2-7H3,(H,32,33)/b10-9-,19-11+,22-12-. The normalized spacial score (nSPS) is 14.1. The zero-order valence-electron chi connectivity index (χ0n) is 22.7. The van der Waals surface area contributed by atoms with Crippen LogP contribution < -0.4 is 23.7 Å². The van der Waals surface area contributed by atoms with Gasteiger partial charge in [0.2, 0.25) is 5.75 Å². The molecule has 0 saturated carbocycles. The molecule has 1 aliphatic rings. The molecule has 0 aliphatic heterocycles. The highest BCUT2D eigenvalue weighted by Crippen LogP contribution is 2.48. The van der Waals surface area contributed by atoms with Crippen LogP contribution in [0.2, 0.25) is 0 Å². The van der Waals surface area contributed by atoms with E-state index in [1.165, 1.54) is 0 Å². The van der Waals surface area contributed by atoms with Gasteiger partial charge in [-0.3, -0.25) is 4.79 Å². The zero-order chi connectivity index (χ0) is 27.8. The lowest BCUT2D eigenvalue weighted by Crippen LogP contribution is -2.03. The number of rotatable bonds is 12. The molecule has 3 rings (SSSR count). The molecular formula is C31H34O7. The summed E-state index contributed by atoms with van der Waals surface area (Å²) in [5.74, 6) is 1.72. The first-order valence-electron chi connectivity index (χ1n) is 12.0. The Labute approximate surface area is 223 Å². The molecule has 2 aromatic carbocycles. The van der Waals surface area contributed by atoms with Gasteiger partial charge in [0.25, 0.3) is 0 Å². The van der Waals surface area contributed by atoms with Crippen LogP contribution in [0, 0.1) is 0 Å². The van der Waals surface area contributed by atoms with E-state index in [0.717, 1.165) is 39.0 Å². The van der Waals surface area contributed by atoms with Crippen molar-refractivity contribution in [2.24, 2.45) is 0 Å². The second-order valence-corrected chi connectivity index (χ2v) is 8.66. The van der Waals surface area contributed by atoms with E-state index >= 15 is 0 Å². The van der Waals surface area contributed by atoms with E-state index in [1.54, 1.807) is 34.5 Å². The molecule has 0 amide bonds. The molecule has 0 heterocycles. The summed E-state index contributed by atoms with van der Waals surface area (Å²) in [4.78, 5) is 11.7. The molecule has 0 spiro atoms. The highest BCUT2D eigenvalue weighted by molar-refractivity contribution is 6.08. The molecule has 7 nitrogen and oxygen atoms in total. The number of carboxylic acids is 1. The SMILES string of the molecule is C=C/C=C\C=C(/C)COc1c(OC)cc(/C=C2/C(C)=C(CC(=O)O)c3cc(OC)c(OC)cc32)cc1OC. The summed E-state index contributed by atoms with van der Waals surface area (Å²) in [6.45, 7) is 7.91. The predicted molar refractivity (Wildman–Crippen MR) is 150 cm³/mol. The number of carbonyl (C=O) groups is 1. The van der Waals surface area contributed by atoms with Gasteiger partial charge < -0.3 is 28.8 Å². The Balaban J connectivity index is 2.10. The van der Waals surface area contributed by atoms with Crippen LogP contribution >= 0.6 is 0 Å². The Morgan fingerprint density at radius 2 is 1.47 bits per heavy atom. The molecule has 2 aromatic rings. The van der Waals surface area contributed by atoms with Crippen molar-refractivity contribution in [1.82, 2.24) is 0 Å². The van der Waals surface area contributed by atoms with Crippen molar-refractivity contribution >= 4 is 23.2 Å². The monoisotopic (exact) mass is 518 g/mol. The van der Waals surface area contributed by atoms with Gasteiger partial charge in [0.05, 0.1) is 34.9 Å². The van der Waals surface area contributed by atoms with Crippen molar-refractivity contribution in [1.29, 1.82) is 0 Å². The summed E-state index contributed by atoms with van der Waals surface area (Å²) < 4.78 is 28.4. The van der Waals surface area contributed by atoms with E-state index in [4.69, 9.17) is 23.7 Å². The third kappa shape index (κ3) is 6.11. The average molecular weight is 519 g/mol. The first-order chi connectivity index (χ1) is 18.3. The highest BCUT2D eigenvalue weighted by Gasteiger charge is 2.28.